The summed E-state index contributed by atoms with van der Waals surface area (Å²) in [5.74, 6) is -0.459. The third kappa shape index (κ3) is 34.0. The molecule has 0 aliphatic carbocycles. The Morgan fingerprint density at radius 2 is 1.14 bits per heavy atom. The van der Waals surface area contributed by atoms with Gasteiger partial charge in [-0.15, -0.1) is 0 Å². The van der Waals surface area contributed by atoms with Gasteiger partial charge in [0.1, 0.15) is 0 Å². The highest BCUT2D eigenvalue weighted by Crippen LogP contribution is 2.43. The lowest BCUT2D eigenvalue weighted by atomic mass is 10.0. The predicted molar refractivity (Wildman–Crippen MR) is 209 cm³/mol. The largest absolute Gasteiger partial charge is 0.472 e. The zero-order valence-electron chi connectivity index (χ0n) is 32.3. The minimum absolute atomic E-state index is 0.0456. The van der Waals surface area contributed by atoms with Gasteiger partial charge >= 0.3 is 7.82 Å². The number of allylic oxidation sites excluding steroid dienone is 3. The molecule has 0 saturated carbocycles. The van der Waals surface area contributed by atoms with E-state index in [4.69, 9.17) is 14.8 Å². The maximum atomic E-state index is 12.7. The first kappa shape index (κ1) is 48.9. The van der Waals surface area contributed by atoms with E-state index in [0.29, 0.717) is 12.8 Å². The van der Waals surface area contributed by atoms with Crippen molar-refractivity contribution in [2.45, 2.75) is 205 Å². The molecule has 0 saturated heterocycles. The Labute approximate surface area is 307 Å². The van der Waals surface area contributed by atoms with Gasteiger partial charge in [-0.1, -0.05) is 173 Å². The zero-order valence-corrected chi connectivity index (χ0v) is 33.1. The van der Waals surface area contributed by atoms with E-state index < -0.39 is 38.6 Å². The van der Waals surface area contributed by atoms with Crippen LogP contribution in [0.1, 0.15) is 187 Å². The molecule has 10 heteroatoms. The topological polar surface area (TPSA) is 151 Å². The highest BCUT2D eigenvalue weighted by Gasteiger charge is 2.27. The fraction of sp³-hybridized carbons (Fsp3) is 0.875. The SMILES string of the molecule is CCCCCCCCCCCCCCCCC/C=C/CC/C=C/C(O)C(COP(=O)(O)OCCN)NC(=O)CC(O)CCCCCCCCC. The van der Waals surface area contributed by atoms with Gasteiger partial charge in [-0.05, 0) is 32.1 Å². The molecule has 0 spiro atoms. The van der Waals surface area contributed by atoms with Gasteiger partial charge in [0.25, 0.3) is 0 Å². The summed E-state index contributed by atoms with van der Waals surface area (Å²) in [4.78, 5) is 22.6. The monoisotopic (exact) mass is 731 g/mol. The highest BCUT2D eigenvalue weighted by atomic mass is 31.2. The summed E-state index contributed by atoms with van der Waals surface area (Å²) >= 11 is 0. The van der Waals surface area contributed by atoms with Gasteiger partial charge in [0.2, 0.25) is 5.91 Å². The number of phosphoric ester groups is 1. The number of amides is 1. The van der Waals surface area contributed by atoms with Crippen molar-refractivity contribution in [2.75, 3.05) is 19.8 Å². The molecule has 0 aromatic carbocycles. The fourth-order valence-corrected chi connectivity index (χ4v) is 6.72. The van der Waals surface area contributed by atoms with Crippen LogP contribution < -0.4 is 11.1 Å². The third-order valence-corrected chi connectivity index (χ3v) is 10.1. The van der Waals surface area contributed by atoms with Crippen LogP contribution in [0.15, 0.2) is 24.3 Å². The molecule has 0 aromatic rings. The number of aliphatic hydroxyl groups is 2. The normalized spacial score (nSPS) is 15.1. The van der Waals surface area contributed by atoms with Crippen molar-refractivity contribution in [3.05, 3.63) is 24.3 Å². The molecule has 0 aromatic heterocycles. The van der Waals surface area contributed by atoms with Crippen molar-refractivity contribution in [3.8, 4) is 0 Å². The van der Waals surface area contributed by atoms with Gasteiger partial charge in [-0.2, -0.15) is 0 Å². The molecule has 1 amide bonds. The summed E-state index contributed by atoms with van der Waals surface area (Å²) in [6.45, 7) is 3.90. The molecular weight excluding hydrogens is 651 g/mol. The second-order valence-electron chi connectivity index (χ2n) is 14.0. The van der Waals surface area contributed by atoms with Gasteiger partial charge in [0.05, 0.1) is 37.9 Å². The van der Waals surface area contributed by atoms with Gasteiger partial charge in [0, 0.05) is 6.54 Å². The van der Waals surface area contributed by atoms with Gasteiger partial charge in [0.15, 0.2) is 0 Å². The quantitative estimate of drug-likeness (QED) is 0.0239. The number of unbranched alkanes of at least 4 members (excludes halogenated alkanes) is 22. The molecule has 6 N–H and O–H groups in total. The van der Waals surface area contributed by atoms with E-state index in [-0.39, 0.29) is 19.6 Å². The van der Waals surface area contributed by atoms with Crippen LogP contribution in [0, 0.1) is 0 Å². The number of aliphatic hydroxyl groups excluding tert-OH is 2. The molecule has 4 unspecified atom stereocenters. The molecule has 0 fully saturated rings. The van der Waals surface area contributed by atoms with Crippen LogP contribution in [0.4, 0.5) is 0 Å². The average molecular weight is 731 g/mol. The molecule has 0 aliphatic heterocycles. The molecular formula is C40H79N2O7P. The van der Waals surface area contributed by atoms with Gasteiger partial charge in [-0.25, -0.2) is 4.57 Å². The van der Waals surface area contributed by atoms with Gasteiger partial charge in [-0.3, -0.25) is 13.8 Å². The van der Waals surface area contributed by atoms with Crippen LogP contribution in [0.3, 0.4) is 0 Å². The minimum Gasteiger partial charge on any atom is -0.393 e. The van der Waals surface area contributed by atoms with E-state index in [0.717, 1.165) is 32.1 Å². The third-order valence-electron chi connectivity index (χ3n) is 9.08. The van der Waals surface area contributed by atoms with E-state index in [2.05, 4.69) is 31.3 Å². The molecule has 296 valence electrons. The van der Waals surface area contributed by atoms with E-state index in [9.17, 15) is 24.5 Å². The number of nitrogens with one attached hydrogen (secondary N) is 1. The van der Waals surface area contributed by atoms with Crippen LogP contribution in [0.2, 0.25) is 0 Å². The van der Waals surface area contributed by atoms with E-state index in [1.54, 1.807) is 6.08 Å². The summed E-state index contributed by atoms with van der Waals surface area (Å²) in [5.41, 5.74) is 5.34. The molecule has 4 atom stereocenters. The second kappa shape index (κ2) is 36.3. The average Bonchev–Trinajstić information content (AvgIpc) is 3.09. The molecule has 0 bridgehead atoms. The Kier molecular flexibility index (Phi) is 35.5. The first-order chi connectivity index (χ1) is 24.3. The Morgan fingerprint density at radius 3 is 1.66 bits per heavy atom. The number of rotatable bonds is 38. The van der Waals surface area contributed by atoms with Crippen molar-refractivity contribution in [3.63, 3.8) is 0 Å². The summed E-state index contributed by atoms with van der Waals surface area (Å²) in [6, 6.07) is -0.993. The van der Waals surface area contributed by atoms with Gasteiger partial charge < -0.3 is 26.2 Å². The Hall–Kier alpha value is -1.06. The van der Waals surface area contributed by atoms with Crippen LogP contribution >= 0.6 is 7.82 Å². The standard InChI is InChI=1S/C40H79N2O7P/c1-3-5-7-9-11-12-13-14-15-16-17-18-19-20-21-22-23-24-26-28-30-32-39(44)38(36-49-50(46,47)48-34-33-41)42-40(45)35-37(43)31-29-27-25-10-8-6-4-2/h23-24,30,32,37-39,43-44H,3-22,25-29,31,33-36,41H2,1-2H3,(H,42,45)(H,46,47)/b24-23+,32-30+. The summed E-state index contributed by atoms with van der Waals surface area (Å²) in [6.07, 6.45) is 37.2. The summed E-state index contributed by atoms with van der Waals surface area (Å²) in [5, 5.41) is 23.8. The number of hydrogen-bond acceptors (Lipinski definition) is 7. The number of nitrogens with two attached hydrogens (primary N) is 1. The maximum absolute atomic E-state index is 12.7. The maximum Gasteiger partial charge on any atom is 0.472 e. The van der Waals surface area contributed by atoms with Crippen molar-refractivity contribution < 1.29 is 33.5 Å². The lowest BCUT2D eigenvalue weighted by Crippen LogP contribution is -2.46. The summed E-state index contributed by atoms with van der Waals surface area (Å²) in [7, 11) is -4.40. The molecule has 0 radical (unpaired) electrons. The van der Waals surface area contributed by atoms with E-state index >= 15 is 0 Å². The zero-order chi connectivity index (χ0) is 37.0. The molecule has 50 heavy (non-hydrogen) atoms. The smallest absolute Gasteiger partial charge is 0.393 e. The number of phosphoric acid groups is 1. The van der Waals surface area contributed by atoms with Crippen molar-refractivity contribution >= 4 is 13.7 Å². The van der Waals surface area contributed by atoms with Crippen LogP contribution in [-0.4, -0.2) is 59.0 Å². The van der Waals surface area contributed by atoms with Crippen molar-refractivity contribution in [2.24, 2.45) is 5.73 Å². The number of carbonyl (C=O) groups is 1. The van der Waals surface area contributed by atoms with E-state index in [1.165, 1.54) is 122 Å². The first-order valence-corrected chi connectivity index (χ1v) is 22.0. The van der Waals surface area contributed by atoms with Crippen LogP contribution in [0.5, 0.6) is 0 Å². The molecule has 9 nitrogen and oxygen atoms in total. The lowest BCUT2D eigenvalue weighted by Gasteiger charge is -2.24. The fourth-order valence-electron chi connectivity index (χ4n) is 5.96. The highest BCUT2D eigenvalue weighted by molar-refractivity contribution is 7.47. The molecule has 0 heterocycles. The lowest BCUT2D eigenvalue weighted by molar-refractivity contribution is -0.124. The molecule has 0 rings (SSSR count). The van der Waals surface area contributed by atoms with E-state index in [1.807, 2.05) is 6.08 Å². The molecule has 0 aliphatic rings. The van der Waals surface area contributed by atoms with Crippen LogP contribution in [-0.2, 0) is 18.4 Å². The van der Waals surface area contributed by atoms with Crippen molar-refractivity contribution in [1.29, 1.82) is 0 Å². The minimum atomic E-state index is -4.40. The van der Waals surface area contributed by atoms with Crippen LogP contribution in [0.25, 0.3) is 0 Å². The Bertz CT molecular complexity index is 858. The number of hydrogen-bond donors (Lipinski definition) is 5. The van der Waals surface area contributed by atoms with Crippen molar-refractivity contribution in [1.82, 2.24) is 5.32 Å². The Balaban J connectivity index is 4.31. The summed E-state index contributed by atoms with van der Waals surface area (Å²) < 4.78 is 22.0. The second-order valence-corrected chi connectivity index (χ2v) is 15.5. The predicted octanol–water partition coefficient (Wildman–Crippen LogP) is 9.97. The number of carbonyl (C=O) groups excluding carboxylic acids is 1. The Morgan fingerprint density at radius 1 is 0.680 bits per heavy atom. The first-order valence-electron chi connectivity index (χ1n) is 20.5.